The smallest absolute Gasteiger partial charge is 0.238 e. The molecule has 0 aromatic heterocycles. The largest absolute Gasteiger partial charge is 0.491 e. The summed E-state index contributed by atoms with van der Waals surface area (Å²) >= 11 is 0. The van der Waals surface area contributed by atoms with Crippen LogP contribution in [0.5, 0.6) is 5.75 Å². The Kier molecular flexibility index (Phi) is 5.95. The molecule has 2 N–H and O–H groups in total. The average Bonchev–Trinajstić information content (AvgIpc) is 2.70. The minimum atomic E-state index is -0.464. The van der Waals surface area contributed by atoms with Gasteiger partial charge in [-0.25, -0.2) is 4.39 Å². The van der Waals surface area contributed by atoms with E-state index >= 15 is 0 Å². The topological polar surface area (TPSA) is 53.6 Å². The molecule has 1 amide bonds. The van der Waals surface area contributed by atoms with Gasteiger partial charge in [-0.15, -0.1) is 0 Å². The van der Waals surface area contributed by atoms with E-state index in [9.17, 15) is 9.18 Å². The number of nitrogens with one attached hydrogen (secondary N) is 2. The first-order valence-electron chi connectivity index (χ1n) is 7.34. The second kappa shape index (κ2) is 7.95. The summed E-state index contributed by atoms with van der Waals surface area (Å²) in [5, 5.41) is 6.01. The molecule has 0 aliphatic carbocycles. The van der Waals surface area contributed by atoms with Gasteiger partial charge in [0.25, 0.3) is 0 Å². The predicted octanol–water partition coefficient (Wildman–Crippen LogP) is 1.46. The van der Waals surface area contributed by atoms with Gasteiger partial charge in [-0.05, 0) is 38.6 Å². The second-order valence-corrected chi connectivity index (χ2v) is 5.01. The highest BCUT2D eigenvalue weighted by atomic mass is 19.1. The highest BCUT2D eigenvalue weighted by Gasteiger charge is 2.13. The van der Waals surface area contributed by atoms with Gasteiger partial charge in [0.05, 0.1) is 13.2 Å². The molecule has 1 aromatic carbocycles. The molecule has 5 nitrogen and oxygen atoms in total. The average molecular weight is 295 g/mol. The summed E-state index contributed by atoms with van der Waals surface area (Å²) in [6, 6.07) is 4.47. The minimum absolute atomic E-state index is 0.125. The number of rotatable bonds is 5. The van der Waals surface area contributed by atoms with Crippen LogP contribution in [0.25, 0.3) is 0 Å². The Morgan fingerprint density at radius 3 is 3.05 bits per heavy atom. The van der Waals surface area contributed by atoms with Crippen molar-refractivity contribution in [2.75, 3.05) is 44.6 Å². The number of carbonyl (C=O) groups is 1. The van der Waals surface area contributed by atoms with Crippen molar-refractivity contribution in [1.29, 1.82) is 0 Å². The molecule has 0 atom stereocenters. The highest BCUT2D eigenvalue weighted by molar-refractivity contribution is 5.92. The van der Waals surface area contributed by atoms with Crippen molar-refractivity contribution in [2.24, 2.45) is 0 Å². The maximum absolute atomic E-state index is 13.7. The predicted molar refractivity (Wildman–Crippen MR) is 80.1 cm³/mol. The lowest BCUT2D eigenvalue weighted by Gasteiger charge is -2.18. The molecule has 0 bridgehead atoms. The summed E-state index contributed by atoms with van der Waals surface area (Å²) in [6.07, 6.45) is 1.03. The van der Waals surface area contributed by atoms with Gasteiger partial charge >= 0.3 is 0 Å². The third-order valence-electron chi connectivity index (χ3n) is 3.32. The molecule has 0 spiro atoms. The third kappa shape index (κ3) is 4.99. The van der Waals surface area contributed by atoms with E-state index in [1.54, 1.807) is 13.0 Å². The molecule has 1 heterocycles. The fourth-order valence-electron chi connectivity index (χ4n) is 2.31. The number of ether oxygens (including phenoxy) is 1. The fraction of sp³-hybridized carbons (Fsp3) is 0.533. The van der Waals surface area contributed by atoms with Crippen LogP contribution in [0, 0.1) is 5.82 Å². The van der Waals surface area contributed by atoms with E-state index in [-0.39, 0.29) is 11.7 Å². The molecule has 21 heavy (non-hydrogen) atoms. The summed E-state index contributed by atoms with van der Waals surface area (Å²) in [4.78, 5) is 14.1. The first kappa shape index (κ1) is 15.7. The van der Waals surface area contributed by atoms with Crippen LogP contribution in [0.3, 0.4) is 0 Å². The summed E-state index contributed by atoms with van der Waals surface area (Å²) in [7, 11) is 0. The second-order valence-electron chi connectivity index (χ2n) is 5.01. The molecule has 2 rings (SSSR count). The maximum atomic E-state index is 13.7. The van der Waals surface area contributed by atoms with Crippen LogP contribution in [0.1, 0.15) is 13.3 Å². The van der Waals surface area contributed by atoms with Crippen LogP contribution in [-0.2, 0) is 4.79 Å². The fourth-order valence-corrected chi connectivity index (χ4v) is 2.31. The maximum Gasteiger partial charge on any atom is 0.238 e. The summed E-state index contributed by atoms with van der Waals surface area (Å²) in [5.74, 6) is -0.386. The lowest BCUT2D eigenvalue weighted by Crippen LogP contribution is -2.35. The zero-order chi connectivity index (χ0) is 15.1. The van der Waals surface area contributed by atoms with Crippen LogP contribution in [-0.4, -0.2) is 50.1 Å². The van der Waals surface area contributed by atoms with Gasteiger partial charge in [-0.3, -0.25) is 9.69 Å². The van der Waals surface area contributed by atoms with Gasteiger partial charge in [0.1, 0.15) is 0 Å². The van der Waals surface area contributed by atoms with Crippen molar-refractivity contribution in [3.63, 3.8) is 0 Å². The van der Waals surface area contributed by atoms with Crippen LogP contribution >= 0.6 is 0 Å². The Morgan fingerprint density at radius 1 is 1.43 bits per heavy atom. The monoisotopic (exact) mass is 295 g/mol. The molecule has 1 saturated heterocycles. The van der Waals surface area contributed by atoms with Gasteiger partial charge in [-0.2, -0.15) is 0 Å². The molecule has 0 unspecified atom stereocenters. The molecule has 1 aliphatic rings. The van der Waals surface area contributed by atoms with Crippen LogP contribution < -0.4 is 15.4 Å². The Labute approximate surface area is 124 Å². The lowest BCUT2D eigenvalue weighted by molar-refractivity contribution is -0.117. The van der Waals surface area contributed by atoms with E-state index in [1.165, 1.54) is 12.1 Å². The molecular weight excluding hydrogens is 273 g/mol. The number of hydrogen-bond acceptors (Lipinski definition) is 4. The Hall–Kier alpha value is -1.66. The molecular formula is C15H22FN3O2. The molecule has 1 fully saturated rings. The van der Waals surface area contributed by atoms with E-state index in [0.29, 0.717) is 18.8 Å². The standard InChI is InChI=1S/C15H22FN3O2/c1-2-21-14-5-4-12(10-13(14)16)18-15(20)11-19-8-3-6-17-7-9-19/h4-5,10,17H,2-3,6-9,11H2,1H3,(H,18,20). The van der Waals surface area contributed by atoms with Gasteiger partial charge in [0.15, 0.2) is 11.6 Å². The van der Waals surface area contributed by atoms with Crippen LogP contribution in [0.4, 0.5) is 10.1 Å². The summed E-state index contributed by atoms with van der Waals surface area (Å²) < 4.78 is 18.8. The van der Waals surface area contributed by atoms with E-state index < -0.39 is 5.82 Å². The van der Waals surface area contributed by atoms with E-state index in [2.05, 4.69) is 15.5 Å². The van der Waals surface area contributed by atoms with Crippen molar-refractivity contribution >= 4 is 11.6 Å². The summed E-state index contributed by atoms with van der Waals surface area (Å²) in [6.45, 7) is 6.17. The van der Waals surface area contributed by atoms with Gasteiger partial charge in [0, 0.05) is 24.8 Å². The van der Waals surface area contributed by atoms with Crippen molar-refractivity contribution in [3.8, 4) is 5.75 Å². The number of carbonyl (C=O) groups excluding carboxylic acids is 1. The van der Waals surface area contributed by atoms with E-state index in [1.807, 2.05) is 0 Å². The third-order valence-corrected chi connectivity index (χ3v) is 3.32. The highest BCUT2D eigenvalue weighted by Crippen LogP contribution is 2.21. The quantitative estimate of drug-likeness (QED) is 0.863. The van der Waals surface area contributed by atoms with E-state index in [0.717, 1.165) is 32.6 Å². The lowest BCUT2D eigenvalue weighted by atomic mass is 10.3. The van der Waals surface area contributed by atoms with Crippen molar-refractivity contribution in [2.45, 2.75) is 13.3 Å². The Balaban J connectivity index is 1.88. The van der Waals surface area contributed by atoms with Gasteiger partial charge in [-0.1, -0.05) is 0 Å². The number of hydrogen-bond donors (Lipinski definition) is 2. The number of benzene rings is 1. The van der Waals surface area contributed by atoms with Gasteiger partial charge < -0.3 is 15.4 Å². The first-order chi connectivity index (χ1) is 10.2. The number of halogens is 1. The van der Waals surface area contributed by atoms with Crippen molar-refractivity contribution < 1.29 is 13.9 Å². The number of amides is 1. The molecule has 1 aromatic rings. The number of anilines is 1. The van der Waals surface area contributed by atoms with E-state index in [4.69, 9.17) is 4.74 Å². The van der Waals surface area contributed by atoms with Crippen molar-refractivity contribution in [3.05, 3.63) is 24.0 Å². The summed E-state index contributed by atoms with van der Waals surface area (Å²) in [5.41, 5.74) is 0.453. The first-order valence-corrected chi connectivity index (χ1v) is 7.34. The molecule has 6 heteroatoms. The van der Waals surface area contributed by atoms with Gasteiger partial charge in [0.2, 0.25) is 5.91 Å². The zero-order valence-corrected chi connectivity index (χ0v) is 12.3. The zero-order valence-electron chi connectivity index (χ0n) is 12.3. The normalized spacial score (nSPS) is 16.3. The minimum Gasteiger partial charge on any atom is -0.491 e. The Morgan fingerprint density at radius 2 is 2.29 bits per heavy atom. The van der Waals surface area contributed by atoms with Crippen molar-refractivity contribution in [1.82, 2.24) is 10.2 Å². The molecule has 0 saturated carbocycles. The Bertz CT molecular complexity index is 474. The molecule has 116 valence electrons. The SMILES string of the molecule is CCOc1ccc(NC(=O)CN2CCCNCC2)cc1F. The molecule has 0 radical (unpaired) electrons. The van der Waals surface area contributed by atoms with Crippen LogP contribution in [0.2, 0.25) is 0 Å². The molecule has 1 aliphatic heterocycles. The van der Waals surface area contributed by atoms with Crippen LogP contribution in [0.15, 0.2) is 18.2 Å². The number of nitrogens with zero attached hydrogens (tertiary/aromatic N) is 1.